The Morgan fingerprint density at radius 2 is 2.50 bits per heavy atom. The number of nitrogens with zero attached hydrogens (tertiary/aromatic N) is 1. The fourth-order valence-corrected chi connectivity index (χ4v) is 2.75. The van der Waals surface area contributed by atoms with Gasteiger partial charge in [0.25, 0.3) is 0 Å². The van der Waals surface area contributed by atoms with Crippen molar-refractivity contribution in [2.75, 3.05) is 19.0 Å². The summed E-state index contributed by atoms with van der Waals surface area (Å²) in [5, 5.41) is 0. The first-order valence-electron chi connectivity index (χ1n) is 4.49. The van der Waals surface area contributed by atoms with Crippen LogP contribution in [0.2, 0.25) is 0 Å². The van der Waals surface area contributed by atoms with Crippen molar-refractivity contribution in [1.82, 2.24) is 4.90 Å². The largest absolute Gasteiger partial charge is 0.342 e. The van der Waals surface area contributed by atoms with E-state index in [2.05, 4.69) is 0 Å². The van der Waals surface area contributed by atoms with Gasteiger partial charge in [0.15, 0.2) is 0 Å². The minimum absolute atomic E-state index is 0.215. The molecule has 1 saturated heterocycles. The summed E-state index contributed by atoms with van der Waals surface area (Å²) in [7, 11) is 0. The van der Waals surface area contributed by atoms with E-state index in [0.29, 0.717) is 11.3 Å². The van der Waals surface area contributed by atoms with Gasteiger partial charge in [-0.1, -0.05) is 0 Å². The van der Waals surface area contributed by atoms with Gasteiger partial charge in [0.1, 0.15) is 0 Å². The van der Waals surface area contributed by atoms with Gasteiger partial charge in [-0.15, -0.1) is 11.6 Å². The molecular weight excluding hydrogens is 174 g/mol. The van der Waals surface area contributed by atoms with Crippen LogP contribution in [-0.2, 0) is 4.79 Å². The fraction of sp³-hybridized carbons (Fsp3) is 0.889. The molecule has 0 aromatic heterocycles. The molecule has 3 heteroatoms. The van der Waals surface area contributed by atoms with E-state index in [4.69, 9.17) is 11.6 Å². The maximum atomic E-state index is 11.0. The predicted molar refractivity (Wildman–Crippen MR) is 48.1 cm³/mol. The first kappa shape index (κ1) is 8.36. The summed E-state index contributed by atoms with van der Waals surface area (Å²) in [5.41, 5.74) is 0.438. The lowest BCUT2D eigenvalue weighted by atomic mass is 10.0. The Kier molecular flexibility index (Phi) is 1.83. The minimum atomic E-state index is 0.215. The molecule has 0 aromatic carbocycles. The van der Waals surface area contributed by atoms with Crippen molar-refractivity contribution in [2.45, 2.75) is 19.8 Å². The van der Waals surface area contributed by atoms with E-state index in [1.54, 1.807) is 6.92 Å². The van der Waals surface area contributed by atoms with E-state index in [1.165, 1.54) is 12.8 Å². The Hall–Kier alpha value is -0.240. The second-order valence-corrected chi connectivity index (χ2v) is 4.42. The number of likely N-dealkylation sites (tertiary alicyclic amines) is 1. The molecule has 1 aliphatic heterocycles. The van der Waals surface area contributed by atoms with Crippen molar-refractivity contribution in [3.05, 3.63) is 0 Å². The zero-order valence-corrected chi connectivity index (χ0v) is 8.10. The van der Waals surface area contributed by atoms with Gasteiger partial charge in [-0.05, 0) is 24.2 Å². The van der Waals surface area contributed by atoms with Gasteiger partial charge >= 0.3 is 0 Å². The van der Waals surface area contributed by atoms with E-state index >= 15 is 0 Å². The van der Waals surface area contributed by atoms with Crippen LogP contribution in [0.3, 0.4) is 0 Å². The molecule has 1 heterocycles. The smallest absolute Gasteiger partial charge is 0.219 e. The average Bonchev–Trinajstić information content (AvgIpc) is 2.50. The van der Waals surface area contributed by atoms with E-state index in [1.807, 2.05) is 4.90 Å². The number of alkyl halides is 1. The summed E-state index contributed by atoms with van der Waals surface area (Å²) >= 11 is 5.79. The lowest BCUT2D eigenvalue weighted by Gasteiger charge is -2.13. The van der Waals surface area contributed by atoms with Crippen LogP contribution in [0.4, 0.5) is 0 Å². The third-order valence-corrected chi connectivity index (χ3v) is 3.75. The number of hydrogen-bond acceptors (Lipinski definition) is 1. The van der Waals surface area contributed by atoms with Gasteiger partial charge < -0.3 is 4.90 Å². The van der Waals surface area contributed by atoms with E-state index in [0.717, 1.165) is 19.0 Å². The molecule has 2 rings (SSSR count). The highest BCUT2D eigenvalue weighted by Crippen LogP contribution is 2.58. The average molecular weight is 188 g/mol. The Morgan fingerprint density at radius 1 is 1.75 bits per heavy atom. The number of rotatable bonds is 1. The molecule has 1 aliphatic carbocycles. The normalized spacial score (nSPS) is 39.2. The fourth-order valence-electron chi connectivity index (χ4n) is 2.31. The van der Waals surface area contributed by atoms with Gasteiger partial charge in [-0.3, -0.25) is 4.79 Å². The lowest BCUT2D eigenvalue weighted by molar-refractivity contribution is -0.128. The summed E-state index contributed by atoms with van der Waals surface area (Å²) < 4.78 is 0. The third kappa shape index (κ3) is 1.13. The molecule has 2 nitrogen and oxygen atoms in total. The monoisotopic (exact) mass is 187 g/mol. The van der Waals surface area contributed by atoms with Gasteiger partial charge in [-0.2, -0.15) is 0 Å². The molecule has 2 aliphatic rings. The lowest BCUT2D eigenvalue weighted by Crippen LogP contribution is -2.26. The molecular formula is C9H14ClNO. The second kappa shape index (κ2) is 2.63. The number of carbonyl (C=O) groups is 1. The first-order valence-corrected chi connectivity index (χ1v) is 5.03. The van der Waals surface area contributed by atoms with Crippen molar-refractivity contribution in [1.29, 1.82) is 0 Å². The van der Waals surface area contributed by atoms with Crippen LogP contribution in [0.25, 0.3) is 0 Å². The number of halogens is 1. The molecule has 0 N–H and O–H groups in total. The van der Waals surface area contributed by atoms with Crippen molar-refractivity contribution < 1.29 is 4.79 Å². The van der Waals surface area contributed by atoms with E-state index in [9.17, 15) is 4.79 Å². The van der Waals surface area contributed by atoms with Crippen molar-refractivity contribution in [2.24, 2.45) is 11.3 Å². The Balaban J connectivity index is 1.96. The van der Waals surface area contributed by atoms with E-state index < -0.39 is 0 Å². The molecule has 0 radical (unpaired) electrons. The molecule has 68 valence electrons. The van der Waals surface area contributed by atoms with Crippen LogP contribution in [0.1, 0.15) is 19.8 Å². The summed E-state index contributed by atoms with van der Waals surface area (Å²) in [6, 6.07) is 0. The van der Waals surface area contributed by atoms with Gasteiger partial charge in [-0.25, -0.2) is 0 Å². The van der Waals surface area contributed by atoms with Crippen LogP contribution in [0, 0.1) is 11.3 Å². The Morgan fingerprint density at radius 3 is 2.92 bits per heavy atom. The molecule has 12 heavy (non-hydrogen) atoms. The third-order valence-electron chi connectivity index (χ3n) is 3.38. The topological polar surface area (TPSA) is 20.3 Å². The summed E-state index contributed by atoms with van der Waals surface area (Å²) in [6.45, 7) is 3.56. The van der Waals surface area contributed by atoms with Crippen LogP contribution >= 0.6 is 11.6 Å². The van der Waals surface area contributed by atoms with Crippen molar-refractivity contribution >= 4 is 17.5 Å². The van der Waals surface area contributed by atoms with Crippen LogP contribution in [-0.4, -0.2) is 29.8 Å². The van der Waals surface area contributed by atoms with Crippen LogP contribution in [0.5, 0.6) is 0 Å². The zero-order valence-electron chi connectivity index (χ0n) is 7.35. The summed E-state index contributed by atoms with van der Waals surface area (Å²) in [6.07, 6.45) is 2.41. The molecule has 2 unspecified atom stereocenters. The molecule has 2 fully saturated rings. The second-order valence-electron chi connectivity index (χ2n) is 4.11. The Labute approximate surface area is 77.9 Å². The SMILES string of the molecule is CC(=O)N1CCC2(CC2CCl)C1. The number of hydrogen-bond donors (Lipinski definition) is 0. The van der Waals surface area contributed by atoms with E-state index in [-0.39, 0.29) is 5.91 Å². The highest BCUT2D eigenvalue weighted by molar-refractivity contribution is 6.18. The van der Waals surface area contributed by atoms with Gasteiger partial charge in [0.05, 0.1) is 0 Å². The number of carbonyl (C=O) groups excluding carboxylic acids is 1. The van der Waals surface area contributed by atoms with Gasteiger partial charge in [0.2, 0.25) is 5.91 Å². The Bertz CT molecular complexity index is 219. The first-order chi connectivity index (χ1) is 5.68. The quantitative estimate of drug-likeness (QED) is 0.570. The van der Waals surface area contributed by atoms with Crippen molar-refractivity contribution in [3.63, 3.8) is 0 Å². The molecule has 1 amide bonds. The maximum Gasteiger partial charge on any atom is 0.219 e. The number of amides is 1. The molecule has 0 bridgehead atoms. The standard InChI is InChI=1S/C9H14ClNO/c1-7(12)11-3-2-9(6-11)4-8(9)5-10/h8H,2-6H2,1H3. The summed E-state index contributed by atoms with van der Waals surface area (Å²) in [4.78, 5) is 13.0. The van der Waals surface area contributed by atoms with Crippen LogP contribution in [0.15, 0.2) is 0 Å². The summed E-state index contributed by atoms with van der Waals surface area (Å²) in [5.74, 6) is 1.67. The molecule has 1 spiro atoms. The molecule has 2 atom stereocenters. The van der Waals surface area contributed by atoms with Crippen molar-refractivity contribution in [3.8, 4) is 0 Å². The zero-order chi connectivity index (χ0) is 8.77. The maximum absolute atomic E-state index is 11.0. The molecule has 1 saturated carbocycles. The predicted octanol–water partition coefficient (Wildman–Crippen LogP) is 1.48. The minimum Gasteiger partial charge on any atom is -0.342 e. The highest BCUT2D eigenvalue weighted by Gasteiger charge is 2.56. The van der Waals surface area contributed by atoms with Crippen LogP contribution < -0.4 is 0 Å². The molecule has 0 aromatic rings. The van der Waals surface area contributed by atoms with Gasteiger partial charge in [0, 0.05) is 25.9 Å². The highest BCUT2D eigenvalue weighted by atomic mass is 35.5.